The van der Waals surface area contributed by atoms with Crippen LogP contribution in [0.15, 0.2) is 24.3 Å². The maximum atomic E-state index is 13.3. The highest BCUT2D eigenvalue weighted by Crippen LogP contribution is 2.48. The van der Waals surface area contributed by atoms with Gasteiger partial charge in [0.15, 0.2) is 0 Å². The average molecular weight is 290 g/mol. The van der Waals surface area contributed by atoms with Crippen molar-refractivity contribution in [3.05, 3.63) is 35.6 Å². The van der Waals surface area contributed by atoms with Crippen LogP contribution >= 0.6 is 0 Å². The number of benzene rings is 1. The second kappa shape index (κ2) is 5.76. The van der Waals surface area contributed by atoms with Gasteiger partial charge in [-0.1, -0.05) is 12.1 Å². The summed E-state index contributed by atoms with van der Waals surface area (Å²) >= 11 is 0. The quantitative estimate of drug-likeness (QED) is 0.923. The molecule has 4 heteroatoms. The summed E-state index contributed by atoms with van der Waals surface area (Å²) in [5.74, 6) is -0.0552. The number of amides is 1. The molecule has 1 aromatic rings. The van der Waals surface area contributed by atoms with Crippen LogP contribution < -0.4 is 5.32 Å². The van der Waals surface area contributed by atoms with Crippen LogP contribution in [-0.2, 0) is 11.2 Å². The van der Waals surface area contributed by atoms with Crippen molar-refractivity contribution in [1.29, 1.82) is 0 Å². The van der Waals surface area contributed by atoms with Crippen LogP contribution in [0.3, 0.4) is 0 Å². The fourth-order valence-electron chi connectivity index (χ4n) is 3.16. The first kappa shape index (κ1) is 14.5. The van der Waals surface area contributed by atoms with Gasteiger partial charge in [0.25, 0.3) is 0 Å². The Morgan fingerprint density at radius 3 is 2.71 bits per heavy atom. The highest BCUT2D eigenvalue weighted by Gasteiger charge is 2.50. The largest absolute Gasteiger partial charge is 0.353 e. The van der Waals surface area contributed by atoms with Crippen LogP contribution in [0.4, 0.5) is 4.39 Å². The summed E-state index contributed by atoms with van der Waals surface area (Å²) in [5.41, 5.74) is 0.642. The van der Waals surface area contributed by atoms with E-state index >= 15 is 0 Å². The zero-order valence-corrected chi connectivity index (χ0v) is 12.6. The number of carbonyl (C=O) groups excluding carboxylic acids is 1. The third-order valence-corrected chi connectivity index (χ3v) is 4.82. The number of nitrogens with one attached hydrogen (secondary N) is 1. The molecule has 1 saturated carbocycles. The van der Waals surface area contributed by atoms with Gasteiger partial charge in [0.2, 0.25) is 5.91 Å². The molecule has 3 rings (SSSR count). The van der Waals surface area contributed by atoms with Gasteiger partial charge in [0, 0.05) is 6.04 Å². The molecule has 1 saturated heterocycles. The number of halogens is 1. The van der Waals surface area contributed by atoms with Crippen LogP contribution in [0.2, 0.25) is 0 Å². The average Bonchev–Trinajstić information content (AvgIpc) is 3.22. The predicted octanol–water partition coefficient (Wildman–Crippen LogP) is 2.36. The topological polar surface area (TPSA) is 32.3 Å². The summed E-state index contributed by atoms with van der Waals surface area (Å²) < 4.78 is 13.3. The Bertz CT molecular complexity index is 519. The van der Waals surface area contributed by atoms with Gasteiger partial charge >= 0.3 is 0 Å². The highest BCUT2D eigenvalue weighted by molar-refractivity contribution is 5.85. The Balaban J connectivity index is 1.59. The fraction of sp³-hybridized carbons (Fsp3) is 0.588. The summed E-state index contributed by atoms with van der Waals surface area (Å²) in [5, 5.41) is 3.22. The van der Waals surface area contributed by atoms with E-state index in [1.165, 1.54) is 6.07 Å². The van der Waals surface area contributed by atoms with Crippen molar-refractivity contribution >= 4 is 5.91 Å². The zero-order chi connectivity index (χ0) is 14.9. The van der Waals surface area contributed by atoms with Crippen LogP contribution in [0.25, 0.3) is 0 Å². The van der Waals surface area contributed by atoms with Gasteiger partial charge in [-0.25, -0.2) is 4.39 Å². The number of likely N-dealkylation sites (tertiary alicyclic amines) is 1. The normalized spacial score (nSPS) is 22.0. The molecule has 1 heterocycles. The molecule has 1 aliphatic heterocycles. The fourth-order valence-corrected chi connectivity index (χ4v) is 3.16. The molecule has 0 atom stereocenters. The van der Waals surface area contributed by atoms with Crippen molar-refractivity contribution in [2.24, 2.45) is 5.41 Å². The Labute approximate surface area is 125 Å². The highest BCUT2D eigenvalue weighted by atomic mass is 19.1. The van der Waals surface area contributed by atoms with Gasteiger partial charge in [0.05, 0.1) is 5.41 Å². The predicted molar refractivity (Wildman–Crippen MR) is 80.4 cm³/mol. The lowest BCUT2D eigenvalue weighted by Crippen LogP contribution is -2.46. The second-order valence-corrected chi connectivity index (χ2v) is 6.64. The molecule has 0 bridgehead atoms. The summed E-state index contributed by atoms with van der Waals surface area (Å²) in [4.78, 5) is 14.8. The first-order valence-electron chi connectivity index (χ1n) is 7.81. The van der Waals surface area contributed by atoms with Crippen LogP contribution in [0.5, 0.6) is 0 Å². The van der Waals surface area contributed by atoms with Crippen molar-refractivity contribution in [2.45, 2.75) is 38.1 Å². The van der Waals surface area contributed by atoms with Gasteiger partial charge in [-0.2, -0.15) is 0 Å². The van der Waals surface area contributed by atoms with Gasteiger partial charge in [-0.05, 0) is 69.9 Å². The molecule has 1 amide bonds. The molecule has 0 radical (unpaired) electrons. The van der Waals surface area contributed by atoms with E-state index in [4.69, 9.17) is 0 Å². The maximum absolute atomic E-state index is 13.3. The molecule has 0 spiro atoms. The Morgan fingerprint density at radius 1 is 1.38 bits per heavy atom. The molecule has 1 aromatic carbocycles. The minimum absolute atomic E-state index is 0.168. The van der Waals surface area contributed by atoms with E-state index in [1.807, 2.05) is 6.07 Å². The number of hydrogen-bond acceptors (Lipinski definition) is 2. The lowest BCUT2D eigenvalue weighted by atomic mass is 9.94. The number of piperidine rings is 1. The van der Waals surface area contributed by atoms with Crippen molar-refractivity contribution in [1.82, 2.24) is 10.2 Å². The molecule has 0 aromatic heterocycles. The van der Waals surface area contributed by atoms with Gasteiger partial charge in [-0.3, -0.25) is 4.79 Å². The van der Waals surface area contributed by atoms with Gasteiger partial charge in [-0.15, -0.1) is 0 Å². The van der Waals surface area contributed by atoms with Crippen molar-refractivity contribution in [2.75, 3.05) is 20.1 Å². The van der Waals surface area contributed by atoms with E-state index in [0.29, 0.717) is 12.5 Å². The molecular weight excluding hydrogens is 267 g/mol. The Kier molecular flexibility index (Phi) is 3.98. The standard InChI is InChI=1S/C17H23FN2O/c1-20-9-5-15(6-10-20)19-16(21)17(7-8-17)12-13-3-2-4-14(18)11-13/h2-4,11,15H,5-10,12H2,1H3,(H,19,21). The molecule has 2 fully saturated rings. The van der Waals surface area contributed by atoms with Gasteiger partial charge < -0.3 is 10.2 Å². The molecule has 114 valence electrons. The molecule has 1 N–H and O–H groups in total. The minimum Gasteiger partial charge on any atom is -0.353 e. The van der Waals surface area contributed by atoms with E-state index in [9.17, 15) is 9.18 Å². The van der Waals surface area contributed by atoms with Gasteiger partial charge in [0.1, 0.15) is 5.82 Å². The zero-order valence-electron chi connectivity index (χ0n) is 12.6. The third-order valence-electron chi connectivity index (χ3n) is 4.82. The summed E-state index contributed by atoms with van der Waals surface area (Å²) in [7, 11) is 2.12. The first-order chi connectivity index (χ1) is 10.1. The van der Waals surface area contributed by atoms with Crippen LogP contribution in [-0.4, -0.2) is 37.0 Å². The number of carbonyl (C=O) groups is 1. The monoisotopic (exact) mass is 290 g/mol. The summed E-state index contributed by atoms with van der Waals surface area (Å²) in [6.07, 6.45) is 4.55. The second-order valence-electron chi connectivity index (χ2n) is 6.64. The number of hydrogen-bond donors (Lipinski definition) is 1. The molecule has 1 aliphatic carbocycles. The van der Waals surface area contributed by atoms with E-state index in [2.05, 4.69) is 17.3 Å². The van der Waals surface area contributed by atoms with Crippen molar-refractivity contribution in [3.63, 3.8) is 0 Å². The molecular formula is C17H23FN2O. The van der Waals surface area contributed by atoms with Crippen molar-refractivity contribution in [3.8, 4) is 0 Å². The molecule has 2 aliphatic rings. The Morgan fingerprint density at radius 2 is 2.10 bits per heavy atom. The van der Waals surface area contributed by atoms with E-state index in [1.54, 1.807) is 12.1 Å². The van der Waals surface area contributed by atoms with Crippen molar-refractivity contribution < 1.29 is 9.18 Å². The minimum atomic E-state index is -0.281. The summed E-state index contributed by atoms with van der Waals surface area (Å²) in [6.45, 7) is 2.09. The third kappa shape index (κ3) is 3.43. The number of nitrogens with zero attached hydrogens (tertiary/aromatic N) is 1. The molecule has 0 unspecified atom stereocenters. The number of rotatable bonds is 4. The van der Waals surface area contributed by atoms with Crippen LogP contribution in [0, 0.1) is 11.2 Å². The maximum Gasteiger partial charge on any atom is 0.226 e. The van der Waals surface area contributed by atoms with Crippen LogP contribution in [0.1, 0.15) is 31.2 Å². The van der Waals surface area contributed by atoms with E-state index < -0.39 is 0 Å². The SMILES string of the molecule is CN1CCC(NC(=O)C2(Cc3cccc(F)c3)CC2)CC1. The first-order valence-corrected chi connectivity index (χ1v) is 7.81. The summed E-state index contributed by atoms with van der Waals surface area (Å²) in [6, 6.07) is 6.92. The lowest BCUT2D eigenvalue weighted by Gasteiger charge is -2.30. The smallest absolute Gasteiger partial charge is 0.226 e. The van der Waals surface area contributed by atoms with E-state index in [-0.39, 0.29) is 17.1 Å². The Hall–Kier alpha value is -1.42. The molecule has 21 heavy (non-hydrogen) atoms. The van der Waals surface area contributed by atoms with E-state index in [0.717, 1.165) is 44.3 Å². The molecule has 3 nitrogen and oxygen atoms in total. The lowest BCUT2D eigenvalue weighted by molar-refractivity contribution is -0.127.